The van der Waals surface area contributed by atoms with Gasteiger partial charge in [0.2, 0.25) is 15.9 Å². The molecule has 0 aliphatic rings. The summed E-state index contributed by atoms with van der Waals surface area (Å²) in [6.07, 6.45) is 0. The number of benzene rings is 1. The third kappa shape index (κ3) is 3.92. The number of ether oxygens (including phenoxy) is 1. The van der Waals surface area contributed by atoms with Gasteiger partial charge < -0.3 is 15.2 Å². The van der Waals surface area contributed by atoms with Crippen LogP contribution in [0.25, 0.3) is 0 Å². The van der Waals surface area contributed by atoms with Gasteiger partial charge in [-0.15, -0.1) is 0 Å². The summed E-state index contributed by atoms with van der Waals surface area (Å²) in [4.78, 5) is 22.2. The smallest absolute Gasteiger partial charge is 0.339 e. The van der Waals surface area contributed by atoms with Crippen LogP contribution in [0.4, 0.5) is 0 Å². The number of hydrogen-bond acceptors (Lipinski definition) is 5. The summed E-state index contributed by atoms with van der Waals surface area (Å²) >= 11 is 0. The van der Waals surface area contributed by atoms with E-state index in [-0.39, 0.29) is 16.2 Å². The zero-order chi connectivity index (χ0) is 16.2. The molecule has 1 rings (SSSR count). The predicted molar refractivity (Wildman–Crippen MR) is 73.8 cm³/mol. The molecule has 0 aliphatic carbocycles. The average molecular weight is 316 g/mol. The maximum atomic E-state index is 12.1. The van der Waals surface area contributed by atoms with E-state index in [2.05, 4.69) is 10.0 Å². The third-order valence-electron chi connectivity index (χ3n) is 2.68. The monoisotopic (exact) mass is 316 g/mol. The fraction of sp³-hybridized carbons (Fsp3) is 0.333. The van der Waals surface area contributed by atoms with Crippen molar-refractivity contribution < 1.29 is 27.9 Å². The van der Waals surface area contributed by atoms with Crippen molar-refractivity contribution in [3.05, 3.63) is 23.8 Å². The number of sulfonamides is 1. The Morgan fingerprint density at radius 1 is 1.33 bits per heavy atom. The van der Waals surface area contributed by atoms with E-state index in [4.69, 9.17) is 9.84 Å². The third-order valence-corrected chi connectivity index (χ3v) is 4.22. The highest BCUT2D eigenvalue weighted by molar-refractivity contribution is 7.89. The van der Waals surface area contributed by atoms with Gasteiger partial charge in [0, 0.05) is 7.05 Å². The number of rotatable bonds is 6. The molecule has 0 heterocycles. The standard InChI is InChI=1S/C12H16N2O6S/c1-7(11(15)13-2)14-21(18,19)8-4-5-10(20-3)9(6-8)12(16)17/h4-7,14H,1-3H3,(H,13,15)(H,16,17). The zero-order valence-corrected chi connectivity index (χ0v) is 12.5. The quantitative estimate of drug-likeness (QED) is 0.668. The lowest BCUT2D eigenvalue weighted by Crippen LogP contribution is -2.43. The second-order valence-corrected chi connectivity index (χ2v) is 5.84. The van der Waals surface area contributed by atoms with Gasteiger partial charge in [-0.05, 0) is 25.1 Å². The molecule has 1 unspecified atom stereocenters. The minimum Gasteiger partial charge on any atom is -0.496 e. The molecule has 0 bridgehead atoms. The highest BCUT2D eigenvalue weighted by atomic mass is 32.2. The number of hydrogen-bond donors (Lipinski definition) is 3. The second kappa shape index (κ2) is 6.55. The Morgan fingerprint density at radius 2 is 1.95 bits per heavy atom. The van der Waals surface area contributed by atoms with Crippen LogP contribution in [0.15, 0.2) is 23.1 Å². The molecule has 1 aromatic rings. The van der Waals surface area contributed by atoms with Gasteiger partial charge in [-0.1, -0.05) is 0 Å². The van der Waals surface area contributed by atoms with Gasteiger partial charge in [0.15, 0.2) is 0 Å². The summed E-state index contributed by atoms with van der Waals surface area (Å²) in [5.74, 6) is -1.78. The van der Waals surface area contributed by atoms with Crippen LogP contribution in [0, 0.1) is 0 Å². The first-order valence-corrected chi connectivity index (χ1v) is 7.36. The Labute approximate surface area is 122 Å². The van der Waals surface area contributed by atoms with Crippen molar-refractivity contribution in [2.45, 2.75) is 17.9 Å². The van der Waals surface area contributed by atoms with Gasteiger partial charge in [0.1, 0.15) is 11.3 Å². The molecule has 0 aliphatic heterocycles. The molecule has 9 heteroatoms. The Bertz CT molecular complexity index is 656. The van der Waals surface area contributed by atoms with Crippen molar-refractivity contribution >= 4 is 21.9 Å². The van der Waals surface area contributed by atoms with Crippen molar-refractivity contribution in [2.75, 3.05) is 14.2 Å². The summed E-state index contributed by atoms with van der Waals surface area (Å²) in [6, 6.07) is 2.42. The van der Waals surface area contributed by atoms with Crippen LogP contribution in [0.1, 0.15) is 17.3 Å². The van der Waals surface area contributed by atoms with Crippen LogP contribution in [0.2, 0.25) is 0 Å². The van der Waals surface area contributed by atoms with Crippen molar-refractivity contribution in [2.24, 2.45) is 0 Å². The number of carbonyl (C=O) groups is 2. The molecule has 3 N–H and O–H groups in total. The number of carboxylic acid groups (broad SMARTS) is 1. The Balaban J connectivity index is 3.18. The van der Waals surface area contributed by atoms with Crippen LogP contribution in [-0.2, 0) is 14.8 Å². The van der Waals surface area contributed by atoms with Gasteiger partial charge >= 0.3 is 5.97 Å². The summed E-state index contributed by atoms with van der Waals surface area (Å²) < 4.78 is 31.2. The van der Waals surface area contributed by atoms with Gasteiger partial charge in [-0.3, -0.25) is 4.79 Å². The molecular weight excluding hydrogens is 300 g/mol. The molecule has 116 valence electrons. The molecule has 0 fully saturated rings. The molecule has 0 radical (unpaired) electrons. The van der Waals surface area contributed by atoms with E-state index < -0.39 is 27.9 Å². The van der Waals surface area contributed by atoms with E-state index in [1.807, 2.05) is 0 Å². The van der Waals surface area contributed by atoms with Gasteiger partial charge in [0.05, 0.1) is 18.0 Å². The number of nitrogens with one attached hydrogen (secondary N) is 2. The Hall–Kier alpha value is -2.13. The maximum Gasteiger partial charge on any atom is 0.339 e. The maximum absolute atomic E-state index is 12.1. The number of methoxy groups -OCH3 is 1. The van der Waals surface area contributed by atoms with E-state index in [9.17, 15) is 18.0 Å². The van der Waals surface area contributed by atoms with E-state index in [0.717, 1.165) is 6.07 Å². The molecule has 1 aromatic carbocycles. The Kier molecular flexibility index (Phi) is 5.28. The van der Waals surface area contributed by atoms with Crippen molar-refractivity contribution in [1.29, 1.82) is 0 Å². The lowest BCUT2D eigenvalue weighted by molar-refractivity contribution is -0.121. The molecular formula is C12H16N2O6S. The van der Waals surface area contributed by atoms with Gasteiger partial charge in [0.25, 0.3) is 0 Å². The number of aromatic carboxylic acids is 1. The molecule has 0 aromatic heterocycles. The number of amides is 1. The first-order chi connectivity index (χ1) is 9.72. The summed E-state index contributed by atoms with van der Waals surface area (Å²) in [7, 11) is -1.37. The molecule has 0 saturated carbocycles. The van der Waals surface area contributed by atoms with E-state index >= 15 is 0 Å². The highest BCUT2D eigenvalue weighted by Gasteiger charge is 2.23. The summed E-state index contributed by atoms with van der Waals surface area (Å²) in [6.45, 7) is 1.37. The van der Waals surface area contributed by atoms with Gasteiger partial charge in [-0.2, -0.15) is 4.72 Å². The van der Waals surface area contributed by atoms with Crippen molar-refractivity contribution in [3.8, 4) is 5.75 Å². The van der Waals surface area contributed by atoms with Crippen molar-refractivity contribution in [1.82, 2.24) is 10.0 Å². The van der Waals surface area contributed by atoms with Crippen LogP contribution >= 0.6 is 0 Å². The largest absolute Gasteiger partial charge is 0.496 e. The minimum absolute atomic E-state index is 0.0424. The number of carbonyl (C=O) groups excluding carboxylic acids is 1. The fourth-order valence-corrected chi connectivity index (χ4v) is 2.82. The van der Waals surface area contributed by atoms with E-state index in [1.165, 1.54) is 33.2 Å². The summed E-state index contributed by atoms with van der Waals surface area (Å²) in [5.41, 5.74) is -0.284. The van der Waals surface area contributed by atoms with E-state index in [0.29, 0.717) is 0 Å². The zero-order valence-electron chi connectivity index (χ0n) is 11.7. The molecule has 1 amide bonds. The van der Waals surface area contributed by atoms with Crippen LogP contribution < -0.4 is 14.8 Å². The fourth-order valence-electron chi connectivity index (χ4n) is 1.59. The minimum atomic E-state index is -4.03. The molecule has 0 spiro atoms. The lowest BCUT2D eigenvalue weighted by atomic mass is 10.2. The highest BCUT2D eigenvalue weighted by Crippen LogP contribution is 2.22. The topological polar surface area (TPSA) is 122 Å². The molecule has 1 atom stereocenters. The van der Waals surface area contributed by atoms with Crippen LogP contribution in [0.5, 0.6) is 5.75 Å². The Morgan fingerprint density at radius 3 is 2.43 bits per heavy atom. The molecule has 8 nitrogen and oxygen atoms in total. The number of likely N-dealkylation sites (N-methyl/N-ethyl adjacent to an activating group) is 1. The molecule has 21 heavy (non-hydrogen) atoms. The van der Waals surface area contributed by atoms with Crippen LogP contribution in [0.3, 0.4) is 0 Å². The normalized spacial score (nSPS) is 12.5. The van der Waals surface area contributed by atoms with E-state index in [1.54, 1.807) is 0 Å². The molecule has 0 saturated heterocycles. The first-order valence-electron chi connectivity index (χ1n) is 5.88. The predicted octanol–water partition coefficient (Wildman–Crippen LogP) is -0.194. The number of carboxylic acids is 1. The van der Waals surface area contributed by atoms with Crippen LogP contribution in [-0.4, -0.2) is 45.6 Å². The summed E-state index contributed by atoms with van der Waals surface area (Å²) in [5, 5.41) is 11.3. The lowest BCUT2D eigenvalue weighted by Gasteiger charge is -2.14. The first kappa shape index (κ1) is 16.9. The average Bonchev–Trinajstić information content (AvgIpc) is 2.44. The SMILES string of the molecule is CNC(=O)C(C)NS(=O)(=O)c1ccc(OC)c(C(=O)O)c1. The van der Waals surface area contributed by atoms with Crippen molar-refractivity contribution in [3.63, 3.8) is 0 Å². The second-order valence-electron chi connectivity index (χ2n) is 4.12. The van der Waals surface area contributed by atoms with Gasteiger partial charge in [-0.25, -0.2) is 13.2 Å².